The molecular weight excluding hydrogens is 288 g/mol. The number of carboxylic acid groups (broad SMARTS) is 1. The molecule has 2 N–H and O–H groups in total. The zero-order valence-electron chi connectivity index (χ0n) is 12.9. The molecule has 0 bridgehead atoms. The second kappa shape index (κ2) is 5.88. The van der Waals surface area contributed by atoms with E-state index in [1.807, 2.05) is 13.8 Å². The number of carboxylic acids is 1. The van der Waals surface area contributed by atoms with Gasteiger partial charge in [0.15, 0.2) is 0 Å². The number of halogens is 1. The lowest BCUT2D eigenvalue weighted by Gasteiger charge is -2.36. The molecule has 3 nitrogen and oxygen atoms in total. The summed E-state index contributed by atoms with van der Waals surface area (Å²) in [6.45, 7) is 5.75. The molecule has 0 atom stereocenters. The van der Waals surface area contributed by atoms with E-state index in [1.165, 1.54) is 0 Å². The van der Waals surface area contributed by atoms with E-state index in [1.54, 1.807) is 13.0 Å². The Labute approximate surface area is 130 Å². The van der Waals surface area contributed by atoms with Gasteiger partial charge in [0.25, 0.3) is 0 Å². The van der Waals surface area contributed by atoms with Gasteiger partial charge in [0.2, 0.25) is 0 Å². The number of carbonyl (C=O) groups is 1. The summed E-state index contributed by atoms with van der Waals surface area (Å²) < 4.78 is 0. The van der Waals surface area contributed by atoms with Crippen molar-refractivity contribution in [3.8, 4) is 5.75 Å². The fraction of sp³-hybridized carbons (Fsp3) is 0.588. The third-order valence-electron chi connectivity index (χ3n) is 4.74. The van der Waals surface area contributed by atoms with Gasteiger partial charge in [0, 0.05) is 10.6 Å². The number of hydrogen-bond acceptors (Lipinski definition) is 2. The van der Waals surface area contributed by atoms with Gasteiger partial charge in [0.05, 0.1) is 5.41 Å². The van der Waals surface area contributed by atoms with Crippen LogP contribution in [-0.2, 0) is 10.2 Å². The molecule has 1 aliphatic carbocycles. The highest BCUT2D eigenvalue weighted by Crippen LogP contribution is 2.48. The van der Waals surface area contributed by atoms with Crippen LogP contribution in [0.4, 0.5) is 0 Å². The van der Waals surface area contributed by atoms with Crippen molar-refractivity contribution < 1.29 is 15.0 Å². The van der Waals surface area contributed by atoms with Crippen LogP contribution >= 0.6 is 11.6 Å². The Morgan fingerprint density at radius 3 is 2.33 bits per heavy atom. The second-order valence-corrected chi connectivity index (χ2v) is 6.81. The molecule has 0 heterocycles. The van der Waals surface area contributed by atoms with Crippen LogP contribution in [0.25, 0.3) is 0 Å². The summed E-state index contributed by atoms with van der Waals surface area (Å²) in [6.07, 6.45) is 3.92. The molecular formula is C17H23ClO3. The smallest absolute Gasteiger partial charge is 0.314 e. The van der Waals surface area contributed by atoms with Crippen LogP contribution in [0.15, 0.2) is 6.07 Å². The molecule has 1 aromatic rings. The number of rotatable bonds is 3. The number of benzene rings is 1. The van der Waals surface area contributed by atoms with Gasteiger partial charge in [0.1, 0.15) is 5.75 Å². The van der Waals surface area contributed by atoms with Gasteiger partial charge in [-0.1, -0.05) is 44.7 Å². The molecule has 1 aliphatic rings. The molecule has 1 fully saturated rings. The highest BCUT2D eigenvalue weighted by Gasteiger charge is 2.45. The molecule has 0 saturated heterocycles. The van der Waals surface area contributed by atoms with Crippen LogP contribution < -0.4 is 0 Å². The summed E-state index contributed by atoms with van der Waals surface area (Å²) in [5.41, 5.74) is 0.960. The number of hydrogen-bond donors (Lipinski definition) is 2. The van der Waals surface area contributed by atoms with Crippen molar-refractivity contribution >= 4 is 17.6 Å². The topological polar surface area (TPSA) is 57.5 Å². The van der Waals surface area contributed by atoms with Crippen molar-refractivity contribution in [3.05, 3.63) is 27.8 Å². The Hall–Kier alpha value is -1.22. The van der Waals surface area contributed by atoms with E-state index in [9.17, 15) is 15.0 Å². The van der Waals surface area contributed by atoms with Crippen LogP contribution in [0.1, 0.15) is 68.6 Å². The summed E-state index contributed by atoms with van der Waals surface area (Å²) in [4.78, 5) is 12.0. The van der Waals surface area contributed by atoms with E-state index >= 15 is 0 Å². The molecule has 2 rings (SSSR count). The van der Waals surface area contributed by atoms with E-state index < -0.39 is 11.4 Å². The average molecular weight is 311 g/mol. The Morgan fingerprint density at radius 1 is 1.29 bits per heavy atom. The summed E-state index contributed by atoms with van der Waals surface area (Å²) in [6, 6.07) is 1.76. The summed E-state index contributed by atoms with van der Waals surface area (Å²) in [5, 5.41) is 21.1. The van der Waals surface area contributed by atoms with Gasteiger partial charge in [-0.05, 0) is 42.9 Å². The number of aromatic hydroxyl groups is 1. The first kappa shape index (κ1) is 16.2. The predicted octanol–water partition coefficient (Wildman–Crippen LogP) is 4.76. The lowest BCUT2D eigenvalue weighted by Crippen LogP contribution is -2.38. The van der Waals surface area contributed by atoms with Crippen molar-refractivity contribution in [2.24, 2.45) is 0 Å². The van der Waals surface area contributed by atoms with Crippen molar-refractivity contribution in [1.29, 1.82) is 0 Å². The average Bonchev–Trinajstić information content (AvgIpc) is 2.43. The molecule has 0 spiro atoms. The van der Waals surface area contributed by atoms with Crippen LogP contribution in [0, 0.1) is 6.92 Å². The van der Waals surface area contributed by atoms with Crippen molar-refractivity contribution in [1.82, 2.24) is 0 Å². The largest absolute Gasteiger partial charge is 0.507 e. The zero-order valence-corrected chi connectivity index (χ0v) is 13.6. The highest BCUT2D eigenvalue weighted by molar-refractivity contribution is 6.31. The molecule has 0 unspecified atom stereocenters. The van der Waals surface area contributed by atoms with Crippen LogP contribution in [0.5, 0.6) is 5.75 Å². The first-order chi connectivity index (χ1) is 9.81. The molecule has 4 heteroatoms. The van der Waals surface area contributed by atoms with Crippen molar-refractivity contribution in [3.63, 3.8) is 0 Å². The lowest BCUT2D eigenvalue weighted by molar-refractivity contribution is -0.145. The van der Waals surface area contributed by atoms with Crippen LogP contribution in [0.3, 0.4) is 0 Å². The SMILES string of the molecule is Cc1c(Cl)cc(C(C)C)c(O)c1C1(C(=O)O)CCCCC1. The lowest BCUT2D eigenvalue weighted by atomic mass is 9.67. The summed E-state index contributed by atoms with van der Waals surface area (Å²) in [5.74, 6) is -0.634. The molecule has 0 radical (unpaired) electrons. The van der Waals surface area contributed by atoms with Gasteiger partial charge in [-0.15, -0.1) is 0 Å². The van der Waals surface area contributed by atoms with E-state index in [0.717, 1.165) is 24.8 Å². The normalized spacial score (nSPS) is 18.0. The number of aliphatic carboxylic acids is 1. The van der Waals surface area contributed by atoms with Gasteiger partial charge in [-0.2, -0.15) is 0 Å². The van der Waals surface area contributed by atoms with Gasteiger partial charge >= 0.3 is 5.97 Å². The Bertz CT molecular complexity index is 558. The Morgan fingerprint density at radius 2 is 1.86 bits per heavy atom. The predicted molar refractivity (Wildman–Crippen MR) is 84.3 cm³/mol. The van der Waals surface area contributed by atoms with E-state index in [4.69, 9.17) is 11.6 Å². The molecule has 1 saturated carbocycles. The Kier molecular flexibility index (Phi) is 4.52. The number of phenols is 1. The molecule has 21 heavy (non-hydrogen) atoms. The van der Waals surface area contributed by atoms with Crippen LogP contribution in [0.2, 0.25) is 5.02 Å². The van der Waals surface area contributed by atoms with Gasteiger partial charge in [-0.3, -0.25) is 4.79 Å². The quantitative estimate of drug-likeness (QED) is 0.846. The molecule has 0 aliphatic heterocycles. The standard InChI is InChI=1S/C17H23ClO3/c1-10(2)12-9-13(18)11(3)14(15(12)19)17(16(20)21)7-5-4-6-8-17/h9-10,19H,4-8H2,1-3H3,(H,20,21). The third kappa shape index (κ3) is 2.64. The fourth-order valence-electron chi connectivity index (χ4n) is 3.51. The monoisotopic (exact) mass is 310 g/mol. The maximum absolute atomic E-state index is 12.0. The fourth-order valence-corrected chi connectivity index (χ4v) is 3.72. The van der Waals surface area contributed by atoms with Crippen LogP contribution in [-0.4, -0.2) is 16.2 Å². The van der Waals surface area contributed by atoms with Crippen molar-refractivity contribution in [2.75, 3.05) is 0 Å². The van der Waals surface area contributed by atoms with E-state index in [2.05, 4.69) is 0 Å². The maximum atomic E-state index is 12.0. The minimum Gasteiger partial charge on any atom is -0.507 e. The second-order valence-electron chi connectivity index (χ2n) is 6.40. The van der Waals surface area contributed by atoms with Crippen molar-refractivity contribution in [2.45, 2.75) is 64.2 Å². The van der Waals surface area contributed by atoms with E-state index in [-0.39, 0.29) is 11.7 Å². The Balaban J connectivity index is 2.73. The van der Waals surface area contributed by atoms with E-state index in [0.29, 0.717) is 29.0 Å². The van der Waals surface area contributed by atoms with Gasteiger partial charge < -0.3 is 10.2 Å². The number of phenolic OH excluding ortho intramolecular Hbond substituents is 1. The molecule has 0 amide bonds. The summed E-state index contributed by atoms with van der Waals surface area (Å²) >= 11 is 6.32. The molecule has 1 aromatic carbocycles. The van der Waals surface area contributed by atoms with Gasteiger partial charge in [-0.25, -0.2) is 0 Å². The molecule has 116 valence electrons. The minimum atomic E-state index is -0.999. The maximum Gasteiger partial charge on any atom is 0.314 e. The third-order valence-corrected chi connectivity index (χ3v) is 5.14. The first-order valence-corrected chi connectivity index (χ1v) is 7.95. The highest BCUT2D eigenvalue weighted by atomic mass is 35.5. The zero-order chi connectivity index (χ0) is 15.8. The summed E-state index contributed by atoms with van der Waals surface area (Å²) in [7, 11) is 0. The molecule has 0 aromatic heterocycles. The minimum absolute atomic E-state index is 0.0938. The first-order valence-electron chi connectivity index (χ1n) is 7.57.